The minimum absolute atomic E-state index is 0.0728. The second-order valence-corrected chi connectivity index (χ2v) is 11.7. The van der Waals surface area contributed by atoms with E-state index in [0.29, 0.717) is 18.7 Å². The van der Waals surface area contributed by atoms with Crippen molar-refractivity contribution >= 4 is 40.6 Å². The zero-order valence-corrected chi connectivity index (χ0v) is 24.6. The van der Waals surface area contributed by atoms with Gasteiger partial charge in [0.05, 0.1) is 5.69 Å². The Morgan fingerprint density at radius 1 is 0.854 bits per heavy atom. The number of piperazine rings is 1. The van der Waals surface area contributed by atoms with Gasteiger partial charge < -0.3 is 15.1 Å². The molecule has 0 spiro atoms. The van der Waals surface area contributed by atoms with Crippen molar-refractivity contribution in [1.29, 1.82) is 0 Å². The van der Waals surface area contributed by atoms with Crippen LogP contribution in [0, 0.1) is 6.92 Å². The number of hydrogen-bond donors (Lipinski definition) is 1. The van der Waals surface area contributed by atoms with Gasteiger partial charge >= 0.3 is 0 Å². The fourth-order valence-electron chi connectivity index (χ4n) is 5.57. The van der Waals surface area contributed by atoms with Gasteiger partial charge in [0, 0.05) is 79.7 Å². The lowest BCUT2D eigenvalue weighted by atomic mass is 10.0. The fourth-order valence-corrected chi connectivity index (χ4v) is 5.89. The maximum Gasteiger partial charge on any atom is 0.253 e. The number of carbonyl (C=O) groups is 1. The molecule has 1 amide bonds. The molecule has 4 aromatic rings. The van der Waals surface area contributed by atoms with Crippen LogP contribution >= 0.6 is 23.2 Å². The molecule has 8 heteroatoms. The maximum atomic E-state index is 13.5. The highest BCUT2D eigenvalue weighted by Crippen LogP contribution is 2.34. The van der Waals surface area contributed by atoms with Gasteiger partial charge in [-0.3, -0.25) is 9.69 Å². The van der Waals surface area contributed by atoms with Crippen LogP contribution in [0.3, 0.4) is 0 Å². The number of halogens is 2. The molecule has 6 nitrogen and oxygen atoms in total. The van der Waals surface area contributed by atoms with Gasteiger partial charge in [-0.2, -0.15) is 0 Å². The van der Waals surface area contributed by atoms with Crippen LogP contribution in [-0.2, 0) is 13.1 Å². The second kappa shape index (κ2) is 12.1. The number of benzene rings is 3. The number of carbonyl (C=O) groups excluding carboxylic acids is 1. The SMILES string of the molecule is Cc1ccc(Cl)cc1CN1CCNc2ncc(-c3cccc(C(=O)N4CCN(Cc5ccc(Cl)cc5)CC4)c3)cc21. The number of nitrogens with zero attached hydrogens (tertiary/aromatic N) is 4. The number of amides is 1. The second-order valence-electron chi connectivity index (χ2n) is 10.8. The van der Waals surface area contributed by atoms with Crippen molar-refractivity contribution < 1.29 is 4.79 Å². The topological polar surface area (TPSA) is 51.7 Å². The molecule has 41 heavy (non-hydrogen) atoms. The quantitative estimate of drug-likeness (QED) is 0.271. The lowest BCUT2D eigenvalue weighted by Gasteiger charge is -2.35. The molecular formula is C33H33Cl2N5O. The maximum absolute atomic E-state index is 13.5. The largest absolute Gasteiger partial charge is 0.367 e. The monoisotopic (exact) mass is 585 g/mol. The van der Waals surface area contributed by atoms with Crippen LogP contribution in [0.15, 0.2) is 79.0 Å². The van der Waals surface area contributed by atoms with Gasteiger partial charge in [0.1, 0.15) is 5.82 Å². The highest BCUT2D eigenvalue weighted by molar-refractivity contribution is 6.30. The number of aromatic nitrogens is 1. The molecule has 1 N–H and O–H groups in total. The number of anilines is 2. The molecule has 210 valence electrons. The average Bonchev–Trinajstić information content (AvgIpc) is 3.00. The number of rotatable bonds is 6. The van der Waals surface area contributed by atoms with Crippen LogP contribution in [0.1, 0.15) is 27.0 Å². The summed E-state index contributed by atoms with van der Waals surface area (Å²) in [5.41, 5.74) is 7.39. The third-order valence-corrected chi connectivity index (χ3v) is 8.46. The number of nitrogens with one attached hydrogen (secondary N) is 1. The molecule has 1 fully saturated rings. The fraction of sp³-hybridized carbons (Fsp3) is 0.273. The first-order chi connectivity index (χ1) is 19.9. The van der Waals surface area contributed by atoms with Crippen molar-refractivity contribution in [3.63, 3.8) is 0 Å². The normalized spacial score (nSPS) is 15.4. The molecule has 1 saturated heterocycles. The zero-order valence-electron chi connectivity index (χ0n) is 23.1. The van der Waals surface area contributed by atoms with Gasteiger partial charge in [0.15, 0.2) is 0 Å². The van der Waals surface area contributed by atoms with Gasteiger partial charge in [-0.25, -0.2) is 4.98 Å². The number of hydrogen-bond acceptors (Lipinski definition) is 5. The highest BCUT2D eigenvalue weighted by atomic mass is 35.5. The molecule has 1 aromatic heterocycles. The standard InChI is InChI=1S/C33H33Cl2N5O/c1-23-5-8-30(35)18-28(23)22-40-12-11-36-32-31(40)19-27(20-37-32)25-3-2-4-26(17-25)33(41)39-15-13-38(14-16-39)21-24-6-9-29(34)10-7-24/h2-10,17-20H,11-16,21-22H2,1H3,(H,36,37). The third-order valence-electron chi connectivity index (χ3n) is 7.98. The lowest BCUT2D eigenvalue weighted by Crippen LogP contribution is -2.48. The van der Waals surface area contributed by atoms with Crippen molar-refractivity contribution in [2.24, 2.45) is 0 Å². The van der Waals surface area contributed by atoms with Gasteiger partial charge in [-0.15, -0.1) is 0 Å². The van der Waals surface area contributed by atoms with Crippen molar-refractivity contribution in [2.75, 3.05) is 49.5 Å². The Balaban J connectivity index is 1.15. The predicted octanol–water partition coefficient (Wildman–Crippen LogP) is 6.75. The van der Waals surface area contributed by atoms with E-state index in [2.05, 4.69) is 46.3 Å². The first-order valence-electron chi connectivity index (χ1n) is 14.0. The van der Waals surface area contributed by atoms with Gasteiger partial charge in [-0.05, 0) is 71.6 Å². The molecule has 0 aliphatic carbocycles. The van der Waals surface area contributed by atoms with Crippen LogP contribution in [0.25, 0.3) is 11.1 Å². The van der Waals surface area contributed by atoms with Crippen LogP contribution in [0.5, 0.6) is 0 Å². The van der Waals surface area contributed by atoms with Gasteiger partial charge in [-0.1, -0.05) is 53.5 Å². The van der Waals surface area contributed by atoms with Crippen molar-refractivity contribution in [2.45, 2.75) is 20.0 Å². The Kier molecular flexibility index (Phi) is 8.15. The van der Waals surface area contributed by atoms with Crippen LogP contribution in [0.2, 0.25) is 10.0 Å². The Hall–Kier alpha value is -3.58. The lowest BCUT2D eigenvalue weighted by molar-refractivity contribution is 0.0628. The van der Waals surface area contributed by atoms with Crippen LogP contribution < -0.4 is 10.2 Å². The molecule has 6 rings (SSSR count). The van der Waals surface area contributed by atoms with Crippen LogP contribution in [0.4, 0.5) is 11.5 Å². The highest BCUT2D eigenvalue weighted by Gasteiger charge is 2.23. The Morgan fingerprint density at radius 2 is 1.63 bits per heavy atom. The summed E-state index contributed by atoms with van der Waals surface area (Å²) in [5.74, 6) is 0.951. The minimum atomic E-state index is 0.0728. The van der Waals surface area contributed by atoms with E-state index in [-0.39, 0.29) is 5.91 Å². The molecule has 0 radical (unpaired) electrons. The molecule has 2 aliphatic rings. The van der Waals surface area contributed by atoms with Crippen molar-refractivity contribution in [3.05, 3.63) is 111 Å². The van der Waals surface area contributed by atoms with E-state index in [1.165, 1.54) is 16.7 Å². The average molecular weight is 587 g/mol. The smallest absolute Gasteiger partial charge is 0.253 e. The third kappa shape index (κ3) is 6.35. The Morgan fingerprint density at radius 3 is 2.44 bits per heavy atom. The number of fused-ring (bicyclic) bond motifs is 1. The van der Waals surface area contributed by atoms with E-state index in [0.717, 1.165) is 71.9 Å². The molecule has 0 unspecified atom stereocenters. The molecule has 0 bridgehead atoms. The first kappa shape index (κ1) is 27.6. The summed E-state index contributed by atoms with van der Waals surface area (Å²) < 4.78 is 0. The van der Waals surface area contributed by atoms with E-state index in [1.807, 2.05) is 59.6 Å². The summed E-state index contributed by atoms with van der Waals surface area (Å²) in [6, 6.07) is 24.1. The van der Waals surface area contributed by atoms with E-state index in [9.17, 15) is 4.79 Å². The van der Waals surface area contributed by atoms with E-state index >= 15 is 0 Å². The summed E-state index contributed by atoms with van der Waals surface area (Å²) in [5, 5.41) is 4.92. The summed E-state index contributed by atoms with van der Waals surface area (Å²) >= 11 is 12.3. The molecule has 2 aliphatic heterocycles. The van der Waals surface area contributed by atoms with Gasteiger partial charge in [0.2, 0.25) is 0 Å². The molecule has 3 heterocycles. The van der Waals surface area contributed by atoms with Gasteiger partial charge in [0.25, 0.3) is 5.91 Å². The van der Waals surface area contributed by atoms with Crippen molar-refractivity contribution in [3.8, 4) is 11.1 Å². The Bertz CT molecular complexity index is 1550. The number of pyridine rings is 1. The van der Waals surface area contributed by atoms with Crippen molar-refractivity contribution in [1.82, 2.24) is 14.8 Å². The van der Waals surface area contributed by atoms with E-state index < -0.39 is 0 Å². The zero-order chi connectivity index (χ0) is 28.3. The summed E-state index contributed by atoms with van der Waals surface area (Å²) in [7, 11) is 0. The van der Waals surface area contributed by atoms with Crippen LogP contribution in [-0.4, -0.2) is 60.0 Å². The summed E-state index contributed by atoms with van der Waals surface area (Å²) in [6.45, 7) is 8.54. The molecule has 0 atom stereocenters. The van der Waals surface area contributed by atoms with E-state index in [4.69, 9.17) is 28.2 Å². The predicted molar refractivity (Wildman–Crippen MR) is 168 cm³/mol. The summed E-state index contributed by atoms with van der Waals surface area (Å²) in [4.78, 5) is 24.9. The molecular weight excluding hydrogens is 553 g/mol. The number of aryl methyl sites for hydroxylation is 1. The first-order valence-corrected chi connectivity index (χ1v) is 14.8. The summed E-state index contributed by atoms with van der Waals surface area (Å²) in [6.07, 6.45) is 1.89. The molecule has 0 saturated carbocycles. The van der Waals surface area contributed by atoms with E-state index in [1.54, 1.807) is 0 Å². The molecule has 3 aromatic carbocycles. The minimum Gasteiger partial charge on any atom is -0.367 e. The Labute approximate surface area is 251 Å².